The van der Waals surface area contributed by atoms with Gasteiger partial charge in [0.1, 0.15) is 0 Å². The van der Waals surface area contributed by atoms with Gasteiger partial charge in [0.05, 0.1) is 13.2 Å². The third-order valence-electron chi connectivity index (χ3n) is 3.06. The van der Waals surface area contributed by atoms with Crippen molar-refractivity contribution in [2.75, 3.05) is 25.1 Å². The number of rotatable bonds is 8. The van der Waals surface area contributed by atoms with Crippen molar-refractivity contribution in [1.82, 2.24) is 0 Å². The van der Waals surface area contributed by atoms with Gasteiger partial charge in [-0.2, -0.15) is 0 Å². The van der Waals surface area contributed by atoms with Gasteiger partial charge in [0.25, 0.3) is 0 Å². The molecule has 1 aromatic rings. The van der Waals surface area contributed by atoms with Gasteiger partial charge in [-0.1, -0.05) is 25.1 Å². The summed E-state index contributed by atoms with van der Waals surface area (Å²) in [5, 5.41) is 9.81. The number of carbonyl (C=O) groups is 1. The molecule has 0 aliphatic carbocycles. The van der Waals surface area contributed by atoms with E-state index in [4.69, 9.17) is 0 Å². The number of aliphatic hydroxyl groups is 1. The second-order valence-electron chi connectivity index (χ2n) is 4.52. The summed E-state index contributed by atoms with van der Waals surface area (Å²) in [7, 11) is 1.40. The highest BCUT2D eigenvalue weighted by Crippen LogP contribution is 2.15. The van der Waals surface area contributed by atoms with E-state index >= 15 is 0 Å². The van der Waals surface area contributed by atoms with Crippen molar-refractivity contribution in [3.63, 3.8) is 0 Å². The smallest absolute Gasteiger partial charge is 0.305 e. The topological polar surface area (TPSA) is 49.8 Å². The number of esters is 1. The molecule has 0 heterocycles. The molecule has 1 aromatic carbocycles. The Balaban J connectivity index is 2.57. The average Bonchev–Trinajstić information content (AvgIpc) is 2.46. The van der Waals surface area contributed by atoms with Gasteiger partial charge in [-0.05, 0) is 25.0 Å². The van der Waals surface area contributed by atoms with Crippen LogP contribution in [-0.4, -0.2) is 37.4 Å². The van der Waals surface area contributed by atoms with Crippen molar-refractivity contribution in [2.24, 2.45) is 0 Å². The second-order valence-corrected chi connectivity index (χ2v) is 4.52. The zero-order valence-corrected chi connectivity index (χ0v) is 11.7. The normalized spacial score (nSPS) is 11.9. The van der Waals surface area contributed by atoms with Crippen LogP contribution in [0.4, 0.5) is 5.69 Å². The summed E-state index contributed by atoms with van der Waals surface area (Å²) in [6, 6.07) is 9.94. The van der Waals surface area contributed by atoms with E-state index in [-0.39, 0.29) is 12.1 Å². The number of nitrogens with zero attached hydrogens (tertiary/aromatic N) is 1. The molecule has 0 fully saturated rings. The Morgan fingerprint density at radius 3 is 2.63 bits per heavy atom. The molecular weight excluding hydrogens is 242 g/mol. The largest absolute Gasteiger partial charge is 0.469 e. The lowest BCUT2D eigenvalue weighted by Crippen LogP contribution is -2.33. The number of aliphatic hydroxyl groups excluding tert-OH is 1. The van der Waals surface area contributed by atoms with Crippen LogP contribution in [0.3, 0.4) is 0 Å². The molecule has 0 saturated heterocycles. The molecule has 0 radical (unpaired) electrons. The minimum Gasteiger partial charge on any atom is -0.469 e. The van der Waals surface area contributed by atoms with E-state index in [0.29, 0.717) is 13.0 Å². The highest BCUT2D eigenvalue weighted by molar-refractivity contribution is 5.69. The van der Waals surface area contributed by atoms with E-state index in [9.17, 15) is 9.90 Å². The summed E-state index contributed by atoms with van der Waals surface area (Å²) in [5.41, 5.74) is 1.07. The fraction of sp³-hybridized carbons (Fsp3) is 0.533. The van der Waals surface area contributed by atoms with E-state index in [0.717, 1.165) is 25.1 Å². The number of hydrogen-bond acceptors (Lipinski definition) is 4. The van der Waals surface area contributed by atoms with Crippen LogP contribution >= 0.6 is 0 Å². The van der Waals surface area contributed by atoms with Gasteiger partial charge in [0.15, 0.2) is 0 Å². The molecule has 19 heavy (non-hydrogen) atoms. The molecule has 0 aromatic heterocycles. The Morgan fingerprint density at radius 2 is 2.05 bits per heavy atom. The van der Waals surface area contributed by atoms with Crippen LogP contribution < -0.4 is 4.90 Å². The van der Waals surface area contributed by atoms with Crippen LogP contribution in [0.25, 0.3) is 0 Å². The molecule has 0 saturated carbocycles. The van der Waals surface area contributed by atoms with Crippen molar-refractivity contribution in [3.8, 4) is 0 Å². The molecule has 4 heteroatoms. The van der Waals surface area contributed by atoms with E-state index in [1.54, 1.807) is 0 Å². The summed E-state index contributed by atoms with van der Waals surface area (Å²) in [6.07, 6.45) is 1.50. The molecule has 0 aliphatic heterocycles. The van der Waals surface area contributed by atoms with Gasteiger partial charge < -0.3 is 14.7 Å². The Morgan fingerprint density at radius 1 is 1.37 bits per heavy atom. The predicted octanol–water partition coefficient (Wildman–Crippen LogP) is 2.22. The van der Waals surface area contributed by atoms with Crippen molar-refractivity contribution < 1.29 is 14.6 Å². The molecule has 1 unspecified atom stereocenters. The number of anilines is 1. The van der Waals surface area contributed by atoms with E-state index < -0.39 is 0 Å². The molecule has 0 bridgehead atoms. The Bertz CT molecular complexity index is 367. The average molecular weight is 265 g/mol. The summed E-state index contributed by atoms with van der Waals surface area (Å²) >= 11 is 0. The van der Waals surface area contributed by atoms with Crippen LogP contribution in [0.2, 0.25) is 0 Å². The third kappa shape index (κ3) is 5.75. The van der Waals surface area contributed by atoms with Crippen LogP contribution in [0.5, 0.6) is 0 Å². The molecule has 0 amide bonds. The number of hydrogen-bond donors (Lipinski definition) is 1. The van der Waals surface area contributed by atoms with Crippen LogP contribution in [0.1, 0.15) is 26.2 Å². The van der Waals surface area contributed by atoms with Crippen molar-refractivity contribution in [2.45, 2.75) is 32.3 Å². The molecule has 1 N–H and O–H groups in total. The van der Waals surface area contributed by atoms with Crippen molar-refractivity contribution >= 4 is 11.7 Å². The fourth-order valence-corrected chi connectivity index (χ4v) is 1.86. The second kappa shape index (κ2) is 8.53. The van der Waals surface area contributed by atoms with Gasteiger partial charge in [-0.25, -0.2) is 0 Å². The van der Waals surface area contributed by atoms with Gasteiger partial charge in [0.2, 0.25) is 0 Å². The van der Waals surface area contributed by atoms with E-state index in [1.807, 2.05) is 37.3 Å². The van der Waals surface area contributed by atoms with Crippen LogP contribution in [-0.2, 0) is 9.53 Å². The van der Waals surface area contributed by atoms with Gasteiger partial charge in [-0.3, -0.25) is 4.79 Å². The van der Waals surface area contributed by atoms with Gasteiger partial charge in [0, 0.05) is 25.2 Å². The minimum absolute atomic E-state index is 0.191. The monoisotopic (exact) mass is 265 g/mol. The number of benzene rings is 1. The number of ether oxygens (including phenoxy) is 1. The van der Waals surface area contributed by atoms with Gasteiger partial charge in [-0.15, -0.1) is 0 Å². The quantitative estimate of drug-likeness (QED) is 0.732. The lowest BCUT2D eigenvalue weighted by atomic mass is 10.2. The molecule has 1 rings (SSSR count). The minimum atomic E-state index is -0.349. The van der Waals surface area contributed by atoms with Gasteiger partial charge >= 0.3 is 5.97 Å². The Labute approximate surface area is 115 Å². The first-order chi connectivity index (χ1) is 9.17. The summed E-state index contributed by atoms with van der Waals surface area (Å²) in [5.74, 6) is -0.191. The Hall–Kier alpha value is -1.55. The van der Waals surface area contributed by atoms with E-state index in [1.165, 1.54) is 7.11 Å². The lowest BCUT2D eigenvalue weighted by molar-refractivity contribution is -0.140. The first-order valence-corrected chi connectivity index (χ1v) is 6.72. The molecular formula is C15H23NO3. The molecule has 1 atom stereocenters. The third-order valence-corrected chi connectivity index (χ3v) is 3.06. The number of carbonyl (C=O) groups excluding carboxylic acids is 1. The molecule has 106 valence electrons. The van der Waals surface area contributed by atoms with Crippen LogP contribution in [0, 0.1) is 0 Å². The number of methoxy groups -OCH3 is 1. The summed E-state index contributed by atoms with van der Waals surface area (Å²) in [4.78, 5) is 13.2. The zero-order chi connectivity index (χ0) is 14.1. The summed E-state index contributed by atoms with van der Waals surface area (Å²) < 4.78 is 4.63. The van der Waals surface area contributed by atoms with Crippen molar-refractivity contribution in [3.05, 3.63) is 30.3 Å². The Kier molecular flexibility index (Phi) is 6.97. The zero-order valence-electron chi connectivity index (χ0n) is 11.7. The molecule has 0 spiro atoms. The highest BCUT2D eigenvalue weighted by Gasteiger charge is 2.11. The maximum absolute atomic E-state index is 11.1. The first-order valence-electron chi connectivity index (χ1n) is 6.72. The fourth-order valence-electron chi connectivity index (χ4n) is 1.86. The summed E-state index contributed by atoms with van der Waals surface area (Å²) in [6.45, 7) is 3.28. The standard InChI is InChI=1S/C15H23NO3/c1-3-14(17)12-16(11-7-10-15(18)19-2)13-8-5-4-6-9-13/h4-6,8-9,14,17H,3,7,10-12H2,1-2H3. The first kappa shape index (κ1) is 15.5. The maximum Gasteiger partial charge on any atom is 0.305 e. The SMILES string of the molecule is CCC(O)CN(CCCC(=O)OC)c1ccccc1. The molecule has 4 nitrogen and oxygen atoms in total. The molecule has 0 aliphatic rings. The highest BCUT2D eigenvalue weighted by atomic mass is 16.5. The number of para-hydroxylation sites is 1. The van der Waals surface area contributed by atoms with E-state index in [2.05, 4.69) is 9.64 Å². The maximum atomic E-state index is 11.1. The van der Waals surface area contributed by atoms with Crippen LogP contribution in [0.15, 0.2) is 30.3 Å². The lowest BCUT2D eigenvalue weighted by Gasteiger charge is -2.27. The predicted molar refractivity (Wildman–Crippen MR) is 76.2 cm³/mol. The van der Waals surface area contributed by atoms with Crippen molar-refractivity contribution in [1.29, 1.82) is 0 Å².